The van der Waals surface area contributed by atoms with Gasteiger partial charge in [0.2, 0.25) is 5.91 Å². The number of amides is 1. The van der Waals surface area contributed by atoms with Gasteiger partial charge in [-0.3, -0.25) is 4.79 Å². The van der Waals surface area contributed by atoms with Crippen LogP contribution in [0.3, 0.4) is 0 Å². The van der Waals surface area contributed by atoms with Crippen LogP contribution in [0.5, 0.6) is 0 Å². The van der Waals surface area contributed by atoms with E-state index in [2.05, 4.69) is 19.2 Å². The first-order valence-corrected chi connectivity index (χ1v) is 7.85. The summed E-state index contributed by atoms with van der Waals surface area (Å²) in [7, 11) is 0. The molecule has 0 bridgehead atoms. The highest BCUT2D eigenvalue weighted by Gasteiger charge is 2.30. The molecule has 3 heteroatoms. The Kier molecular flexibility index (Phi) is 6.54. The maximum absolute atomic E-state index is 12.4. The predicted octanol–water partition coefficient (Wildman–Crippen LogP) is 4.12. The molecule has 0 aliphatic carbocycles. The first kappa shape index (κ1) is 17.0. The van der Waals surface area contributed by atoms with Crippen LogP contribution in [0.4, 0.5) is 0 Å². The second kappa shape index (κ2) is 7.68. The van der Waals surface area contributed by atoms with E-state index >= 15 is 0 Å². The molecule has 1 unspecified atom stereocenters. The van der Waals surface area contributed by atoms with E-state index in [1.165, 1.54) is 0 Å². The molecule has 1 aromatic rings. The van der Waals surface area contributed by atoms with Crippen molar-refractivity contribution in [2.24, 2.45) is 5.92 Å². The van der Waals surface area contributed by atoms with Crippen LogP contribution in [0.25, 0.3) is 0 Å². The topological polar surface area (TPSA) is 29.1 Å². The number of carbonyl (C=O) groups is 1. The van der Waals surface area contributed by atoms with E-state index in [4.69, 9.17) is 11.6 Å². The summed E-state index contributed by atoms with van der Waals surface area (Å²) < 4.78 is 0. The molecule has 1 N–H and O–H groups in total. The SMILES string of the molecule is CCC(CC)C(Cl)CNC(=O)C(C)(C)c1ccccc1. The smallest absolute Gasteiger partial charge is 0.230 e. The Bertz CT molecular complexity index is 412. The summed E-state index contributed by atoms with van der Waals surface area (Å²) in [5.41, 5.74) is 0.484. The molecule has 20 heavy (non-hydrogen) atoms. The van der Waals surface area contributed by atoms with E-state index in [9.17, 15) is 4.79 Å². The molecule has 0 aliphatic rings. The minimum atomic E-state index is -0.536. The highest BCUT2D eigenvalue weighted by molar-refractivity contribution is 6.21. The zero-order valence-corrected chi connectivity index (χ0v) is 13.7. The van der Waals surface area contributed by atoms with Gasteiger partial charge in [-0.05, 0) is 25.3 Å². The molecule has 1 rings (SSSR count). The quantitative estimate of drug-likeness (QED) is 0.753. The lowest BCUT2D eigenvalue weighted by Crippen LogP contribution is -2.43. The molecule has 1 atom stereocenters. The number of halogens is 1. The maximum atomic E-state index is 12.4. The Morgan fingerprint density at radius 2 is 1.75 bits per heavy atom. The van der Waals surface area contributed by atoms with Crippen LogP contribution < -0.4 is 5.32 Å². The van der Waals surface area contributed by atoms with Crippen LogP contribution in [-0.4, -0.2) is 17.8 Å². The number of hydrogen-bond acceptors (Lipinski definition) is 1. The molecular formula is C17H26ClNO. The summed E-state index contributed by atoms with van der Waals surface area (Å²) in [6.07, 6.45) is 2.09. The highest BCUT2D eigenvalue weighted by atomic mass is 35.5. The number of hydrogen-bond donors (Lipinski definition) is 1. The van der Waals surface area contributed by atoms with Gasteiger partial charge in [0.05, 0.1) is 10.8 Å². The van der Waals surface area contributed by atoms with E-state index in [1.807, 2.05) is 44.2 Å². The number of nitrogens with one attached hydrogen (secondary N) is 1. The molecule has 112 valence electrons. The highest BCUT2D eigenvalue weighted by Crippen LogP contribution is 2.23. The third-order valence-corrected chi connectivity index (χ3v) is 4.59. The summed E-state index contributed by atoms with van der Waals surface area (Å²) in [6.45, 7) is 8.69. The number of benzene rings is 1. The average Bonchev–Trinajstić information content (AvgIpc) is 2.46. The van der Waals surface area contributed by atoms with Crippen molar-refractivity contribution in [1.29, 1.82) is 0 Å². The summed E-state index contributed by atoms with van der Waals surface area (Å²) in [4.78, 5) is 12.4. The summed E-state index contributed by atoms with van der Waals surface area (Å²) in [5, 5.41) is 3.00. The lowest BCUT2D eigenvalue weighted by Gasteiger charge is -2.26. The van der Waals surface area contributed by atoms with Crippen molar-refractivity contribution in [2.45, 2.75) is 51.3 Å². The normalized spacial score (nSPS) is 13.3. The first-order chi connectivity index (χ1) is 9.43. The van der Waals surface area contributed by atoms with Gasteiger partial charge in [0, 0.05) is 6.54 Å². The molecule has 0 fully saturated rings. The van der Waals surface area contributed by atoms with Crippen LogP contribution in [-0.2, 0) is 10.2 Å². The van der Waals surface area contributed by atoms with Gasteiger partial charge in [0.25, 0.3) is 0 Å². The van der Waals surface area contributed by atoms with E-state index in [0.717, 1.165) is 18.4 Å². The van der Waals surface area contributed by atoms with Crippen molar-refractivity contribution in [1.82, 2.24) is 5.32 Å². The molecule has 2 nitrogen and oxygen atoms in total. The van der Waals surface area contributed by atoms with Gasteiger partial charge in [0.1, 0.15) is 0 Å². The van der Waals surface area contributed by atoms with Gasteiger partial charge in [-0.25, -0.2) is 0 Å². The lowest BCUT2D eigenvalue weighted by atomic mass is 9.83. The number of rotatable bonds is 7. The summed E-state index contributed by atoms with van der Waals surface area (Å²) in [5.74, 6) is 0.483. The fourth-order valence-corrected chi connectivity index (χ4v) is 2.80. The van der Waals surface area contributed by atoms with Gasteiger partial charge < -0.3 is 5.32 Å². The number of alkyl halides is 1. The monoisotopic (exact) mass is 295 g/mol. The maximum Gasteiger partial charge on any atom is 0.230 e. The Labute approximate surface area is 127 Å². The fourth-order valence-electron chi connectivity index (χ4n) is 2.36. The van der Waals surface area contributed by atoms with Crippen molar-refractivity contribution in [3.05, 3.63) is 35.9 Å². The predicted molar refractivity (Wildman–Crippen MR) is 86.2 cm³/mol. The van der Waals surface area contributed by atoms with Crippen molar-refractivity contribution >= 4 is 17.5 Å². The zero-order chi connectivity index (χ0) is 15.2. The van der Waals surface area contributed by atoms with Crippen LogP contribution in [0.15, 0.2) is 30.3 Å². The van der Waals surface area contributed by atoms with Crippen molar-refractivity contribution < 1.29 is 4.79 Å². The van der Waals surface area contributed by atoms with Crippen molar-refractivity contribution in [2.75, 3.05) is 6.54 Å². The van der Waals surface area contributed by atoms with Gasteiger partial charge in [-0.1, -0.05) is 57.0 Å². The van der Waals surface area contributed by atoms with Crippen molar-refractivity contribution in [3.8, 4) is 0 Å². The average molecular weight is 296 g/mol. The standard InChI is InChI=1S/C17H26ClNO/c1-5-13(6-2)15(18)12-19-16(20)17(3,4)14-10-8-7-9-11-14/h7-11,13,15H,5-6,12H2,1-4H3,(H,19,20). The second-order valence-electron chi connectivity index (χ2n) is 5.79. The zero-order valence-electron chi connectivity index (χ0n) is 12.9. The lowest BCUT2D eigenvalue weighted by molar-refractivity contribution is -0.125. The molecule has 0 saturated heterocycles. The molecule has 1 aromatic carbocycles. The van der Waals surface area contributed by atoms with Crippen LogP contribution in [0, 0.1) is 5.92 Å². The minimum Gasteiger partial charge on any atom is -0.354 e. The summed E-state index contributed by atoms with van der Waals surface area (Å²) in [6, 6.07) is 9.84. The van der Waals surface area contributed by atoms with E-state index in [1.54, 1.807) is 0 Å². The van der Waals surface area contributed by atoms with Crippen LogP contribution >= 0.6 is 11.6 Å². The van der Waals surface area contributed by atoms with E-state index < -0.39 is 5.41 Å². The first-order valence-electron chi connectivity index (χ1n) is 7.41. The molecular weight excluding hydrogens is 270 g/mol. The van der Waals surface area contributed by atoms with Crippen LogP contribution in [0.1, 0.15) is 46.1 Å². The molecule has 0 radical (unpaired) electrons. The molecule has 0 aliphatic heterocycles. The molecule has 0 saturated carbocycles. The van der Waals surface area contributed by atoms with Gasteiger partial charge in [0.15, 0.2) is 0 Å². The van der Waals surface area contributed by atoms with Crippen molar-refractivity contribution in [3.63, 3.8) is 0 Å². The Morgan fingerprint density at radius 1 is 1.20 bits per heavy atom. The molecule has 1 amide bonds. The molecule has 0 heterocycles. The van der Waals surface area contributed by atoms with Gasteiger partial charge in [-0.15, -0.1) is 11.6 Å². The third-order valence-electron chi connectivity index (χ3n) is 4.08. The fraction of sp³-hybridized carbons (Fsp3) is 0.588. The largest absolute Gasteiger partial charge is 0.354 e. The van der Waals surface area contributed by atoms with Crippen LogP contribution in [0.2, 0.25) is 0 Å². The van der Waals surface area contributed by atoms with E-state index in [-0.39, 0.29) is 11.3 Å². The Balaban J connectivity index is 2.62. The second-order valence-corrected chi connectivity index (χ2v) is 6.35. The summed E-state index contributed by atoms with van der Waals surface area (Å²) >= 11 is 6.37. The Morgan fingerprint density at radius 3 is 2.25 bits per heavy atom. The van der Waals surface area contributed by atoms with Gasteiger partial charge in [-0.2, -0.15) is 0 Å². The van der Waals surface area contributed by atoms with Gasteiger partial charge >= 0.3 is 0 Å². The van der Waals surface area contributed by atoms with E-state index in [0.29, 0.717) is 12.5 Å². The molecule has 0 aromatic heterocycles. The Hall–Kier alpha value is -1.02. The number of carbonyl (C=O) groups excluding carboxylic acids is 1. The minimum absolute atomic E-state index is 0.000485. The molecule has 0 spiro atoms. The third kappa shape index (κ3) is 4.24.